The van der Waals surface area contributed by atoms with Crippen molar-refractivity contribution in [1.29, 1.82) is 0 Å². The zero-order valence-electron chi connectivity index (χ0n) is 17.6. The van der Waals surface area contributed by atoms with Gasteiger partial charge in [-0.25, -0.2) is 9.97 Å². The summed E-state index contributed by atoms with van der Waals surface area (Å²) in [6.45, 7) is 6.06. The number of pyridine rings is 1. The van der Waals surface area contributed by atoms with E-state index in [9.17, 15) is 0 Å². The fraction of sp³-hybridized carbons (Fsp3) is 0.292. The zero-order valence-corrected chi connectivity index (χ0v) is 18.5. The molecule has 0 aliphatic rings. The number of hydrogen-bond acceptors (Lipinski definition) is 6. The first-order chi connectivity index (χ1) is 14.7. The van der Waals surface area contributed by atoms with Crippen molar-refractivity contribution >= 4 is 28.1 Å². The van der Waals surface area contributed by atoms with Crippen LogP contribution in [0.3, 0.4) is 0 Å². The van der Waals surface area contributed by atoms with Crippen LogP contribution in [0.4, 0.5) is 5.82 Å². The number of thiophene rings is 1. The molecule has 0 aliphatic heterocycles. The highest BCUT2D eigenvalue weighted by Gasteiger charge is 2.12. The van der Waals surface area contributed by atoms with Crippen LogP contribution in [0, 0.1) is 6.92 Å². The summed E-state index contributed by atoms with van der Waals surface area (Å²) in [5, 5.41) is 7.94. The van der Waals surface area contributed by atoms with E-state index in [0.29, 0.717) is 5.92 Å². The van der Waals surface area contributed by atoms with Crippen LogP contribution in [-0.2, 0) is 6.54 Å². The molecule has 0 spiro atoms. The van der Waals surface area contributed by atoms with E-state index in [1.807, 2.05) is 19.3 Å². The number of para-hydroxylation sites is 1. The van der Waals surface area contributed by atoms with Crippen molar-refractivity contribution in [3.05, 3.63) is 71.0 Å². The van der Waals surface area contributed by atoms with Gasteiger partial charge >= 0.3 is 0 Å². The average Bonchev–Trinajstić information content (AvgIpc) is 3.20. The van der Waals surface area contributed by atoms with Gasteiger partial charge < -0.3 is 10.6 Å². The quantitative estimate of drug-likeness (QED) is 0.403. The molecule has 0 saturated heterocycles. The standard InChI is InChI=1S/C24H27N5S/c1-16(19-5-4-6-20-18(14-25-3)10-12-27-24(19)20)9-11-26-23-13-21(28-15-29-23)22-8-7-17(2)30-22/h4-8,10,12-13,15-16,25H,9,11,14H2,1-3H3,(H,26,28,29). The number of nitrogens with one attached hydrogen (secondary N) is 2. The van der Waals surface area contributed by atoms with Crippen LogP contribution in [0.1, 0.15) is 35.3 Å². The molecule has 0 saturated carbocycles. The Bertz CT molecular complexity index is 1140. The van der Waals surface area contributed by atoms with E-state index >= 15 is 0 Å². The summed E-state index contributed by atoms with van der Waals surface area (Å²) in [7, 11) is 1.97. The summed E-state index contributed by atoms with van der Waals surface area (Å²) < 4.78 is 0. The Morgan fingerprint density at radius 1 is 1.07 bits per heavy atom. The molecule has 6 heteroatoms. The molecule has 0 bridgehead atoms. The molecule has 1 atom stereocenters. The molecule has 1 aromatic carbocycles. The zero-order chi connectivity index (χ0) is 20.9. The second-order valence-electron chi connectivity index (χ2n) is 7.56. The molecule has 5 nitrogen and oxygen atoms in total. The molecule has 4 aromatic rings. The third kappa shape index (κ3) is 4.50. The first-order valence-electron chi connectivity index (χ1n) is 10.3. The van der Waals surface area contributed by atoms with Gasteiger partial charge in [0.2, 0.25) is 0 Å². The maximum atomic E-state index is 4.69. The highest BCUT2D eigenvalue weighted by molar-refractivity contribution is 7.15. The van der Waals surface area contributed by atoms with Crippen molar-refractivity contribution in [2.75, 3.05) is 18.9 Å². The van der Waals surface area contributed by atoms with Gasteiger partial charge in [-0.2, -0.15) is 0 Å². The normalized spacial score (nSPS) is 12.2. The predicted octanol–water partition coefficient (Wildman–Crippen LogP) is 5.39. The Hall–Kier alpha value is -2.83. The van der Waals surface area contributed by atoms with Crippen molar-refractivity contribution in [2.24, 2.45) is 0 Å². The number of nitrogens with zero attached hydrogens (tertiary/aromatic N) is 3. The fourth-order valence-corrected chi connectivity index (χ4v) is 4.57. The number of aromatic nitrogens is 3. The third-order valence-electron chi connectivity index (χ3n) is 5.33. The Kier molecular flexibility index (Phi) is 6.35. The first kappa shape index (κ1) is 20.4. The molecule has 0 fully saturated rings. The molecule has 0 aliphatic carbocycles. The maximum Gasteiger partial charge on any atom is 0.129 e. The number of benzene rings is 1. The summed E-state index contributed by atoms with van der Waals surface area (Å²) >= 11 is 1.75. The topological polar surface area (TPSA) is 62.7 Å². The monoisotopic (exact) mass is 417 g/mol. The Morgan fingerprint density at radius 3 is 2.77 bits per heavy atom. The van der Waals surface area contributed by atoms with Crippen LogP contribution in [0.25, 0.3) is 21.5 Å². The minimum Gasteiger partial charge on any atom is -0.370 e. The molecule has 0 radical (unpaired) electrons. The lowest BCUT2D eigenvalue weighted by molar-refractivity contribution is 0.708. The van der Waals surface area contributed by atoms with Crippen molar-refractivity contribution in [3.63, 3.8) is 0 Å². The summed E-state index contributed by atoms with van der Waals surface area (Å²) in [5.41, 5.74) is 4.65. The van der Waals surface area contributed by atoms with Gasteiger partial charge in [-0.3, -0.25) is 4.98 Å². The summed E-state index contributed by atoms with van der Waals surface area (Å²) in [6.07, 6.45) is 4.54. The lowest BCUT2D eigenvalue weighted by atomic mass is 9.94. The molecule has 3 heterocycles. The van der Waals surface area contributed by atoms with Crippen molar-refractivity contribution in [1.82, 2.24) is 20.3 Å². The van der Waals surface area contributed by atoms with Crippen LogP contribution < -0.4 is 10.6 Å². The van der Waals surface area contributed by atoms with Crippen LogP contribution >= 0.6 is 11.3 Å². The lowest BCUT2D eigenvalue weighted by Gasteiger charge is -2.16. The summed E-state index contributed by atoms with van der Waals surface area (Å²) in [5.74, 6) is 1.25. The number of fused-ring (bicyclic) bond motifs is 1. The van der Waals surface area contributed by atoms with E-state index in [1.165, 1.54) is 26.3 Å². The van der Waals surface area contributed by atoms with Gasteiger partial charge in [-0.1, -0.05) is 25.1 Å². The summed E-state index contributed by atoms with van der Waals surface area (Å²) in [6, 6.07) is 14.9. The lowest BCUT2D eigenvalue weighted by Crippen LogP contribution is -2.09. The molecule has 4 rings (SSSR count). The van der Waals surface area contributed by atoms with Crippen molar-refractivity contribution in [2.45, 2.75) is 32.7 Å². The van der Waals surface area contributed by atoms with Gasteiger partial charge in [0.05, 0.1) is 16.1 Å². The van der Waals surface area contributed by atoms with Gasteiger partial charge in [-0.05, 0) is 55.6 Å². The van der Waals surface area contributed by atoms with Gasteiger partial charge in [0.1, 0.15) is 12.1 Å². The largest absolute Gasteiger partial charge is 0.370 e. The number of aryl methyl sites for hydroxylation is 1. The Balaban J connectivity index is 1.44. The van der Waals surface area contributed by atoms with Crippen LogP contribution in [0.5, 0.6) is 0 Å². The minimum absolute atomic E-state index is 0.389. The number of rotatable bonds is 8. The van der Waals surface area contributed by atoms with Gasteiger partial charge in [0.15, 0.2) is 0 Å². The molecular weight excluding hydrogens is 390 g/mol. The van der Waals surface area contributed by atoms with Crippen molar-refractivity contribution < 1.29 is 0 Å². The second-order valence-corrected chi connectivity index (χ2v) is 8.85. The highest BCUT2D eigenvalue weighted by Crippen LogP contribution is 2.29. The van der Waals surface area contributed by atoms with Crippen LogP contribution in [-0.4, -0.2) is 28.5 Å². The average molecular weight is 418 g/mol. The SMILES string of the molecule is CNCc1ccnc2c(C(C)CCNc3cc(-c4ccc(C)s4)ncn3)cccc12. The van der Waals surface area contributed by atoms with Crippen LogP contribution in [0.2, 0.25) is 0 Å². The molecule has 0 amide bonds. The Labute approximate surface area is 181 Å². The molecule has 30 heavy (non-hydrogen) atoms. The van der Waals surface area contributed by atoms with E-state index in [1.54, 1.807) is 17.7 Å². The van der Waals surface area contributed by atoms with E-state index in [4.69, 9.17) is 4.98 Å². The number of anilines is 1. The highest BCUT2D eigenvalue weighted by atomic mass is 32.1. The van der Waals surface area contributed by atoms with E-state index in [2.05, 4.69) is 70.8 Å². The Morgan fingerprint density at radius 2 is 1.97 bits per heavy atom. The molecular formula is C24H27N5S. The summed E-state index contributed by atoms with van der Waals surface area (Å²) in [4.78, 5) is 16.0. The second kappa shape index (κ2) is 9.32. The van der Waals surface area contributed by atoms with Gasteiger partial charge in [0, 0.05) is 35.6 Å². The molecule has 1 unspecified atom stereocenters. The van der Waals surface area contributed by atoms with E-state index in [0.717, 1.165) is 36.5 Å². The third-order valence-corrected chi connectivity index (χ3v) is 6.36. The van der Waals surface area contributed by atoms with Crippen LogP contribution in [0.15, 0.2) is 55.0 Å². The van der Waals surface area contributed by atoms with Gasteiger partial charge in [0.25, 0.3) is 0 Å². The van der Waals surface area contributed by atoms with Crippen molar-refractivity contribution in [3.8, 4) is 10.6 Å². The molecule has 2 N–H and O–H groups in total. The minimum atomic E-state index is 0.389. The first-order valence-corrected chi connectivity index (χ1v) is 11.1. The van der Waals surface area contributed by atoms with E-state index < -0.39 is 0 Å². The number of hydrogen-bond donors (Lipinski definition) is 2. The smallest absolute Gasteiger partial charge is 0.129 e. The fourth-order valence-electron chi connectivity index (χ4n) is 3.73. The molecule has 3 aromatic heterocycles. The van der Waals surface area contributed by atoms with E-state index in [-0.39, 0.29) is 0 Å². The predicted molar refractivity (Wildman–Crippen MR) is 126 cm³/mol. The molecule has 154 valence electrons. The maximum absolute atomic E-state index is 4.69. The van der Waals surface area contributed by atoms with Gasteiger partial charge in [-0.15, -0.1) is 11.3 Å².